The molecular weight excluding hydrogens is 472 g/mol. The van der Waals surface area contributed by atoms with Crippen LogP contribution >= 0.6 is 0 Å². The van der Waals surface area contributed by atoms with Crippen LogP contribution in [0, 0.1) is 0 Å². The van der Waals surface area contributed by atoms with Crippen molar-refractivity contribution in [2.24, 2.45) is 0 Å². The van der Waals surface area contributed by atoms with Crippen molar-refractivity contribution in [1.29, 1.82) is 0 Å². The van der Waals surface area contributed by atoms with E-state index in [1.807, 2.05) is 13.8 Å². The molecule has 0 fully saturated rings. The first-order valence-electron chi connectivity index (χ1n) is 10.6. The third-order valence-electron chi connectivity index (χ3n) is 4.39. The van der Waals surface area contributed by atoms with Crippen LogP contribution in [0.2, 0.25) is 0 Å². The van der Waals surface area contributed by atoms with Gasteiger partial charge in [0.15, 0.2) is 9.84 Å². The summed E-state index contributed by atoms with van der Waals surface area (Å²) in [6, 6.07) is 13.3. The van der Waals surface area contributed by atoms with Crippen LogP contribution in [0.5, 0.6) is 17.2 Å². The molecule has 0 bridgehead atoms. The molecule has 0 saturated carbocycles. The number of sulfone groups is 1. The van der Waals surface area contributed by atoms with E-state index < -0.39 is 15.9 Å². The standard InChI is InChI=1S/C22H22N4O6S.C2H6/c1-23-21(27)19-12-16(10-11-24-19)32-15-6-4-14(5-7-15)25-22(28)26-18-13-17(33(3,29)30)8-9-20(18)31-2;1-2/h4-13H,1-3H3,(H,23,27)(H2,25,26,28);1-2H3. The second-order valence-corrected chi connectivity index (χ2v) is 8.81. The summed E-state index contributed by atoms with van der Waals surface area (Å²) < 4.78 is 34.5. The molecular formula is C24H28N4O6S. The molecule has 3 N–H and O–H groups in total. The molecule has 0 radical (unpaired) electrons. The van der Waals surface area contributed by atoms with Crippen LogP contribution in [0.15, 0.2) is 65.7 Å². The Kier molecular flexibility index (Phi) is 9.59. The van der Waals surface area contributed by atoms with Crippen molar-refractivity contribution in [3.8, 4) is 17.2 Å². The average Bonchev–Trinajstić information content (AvgIpc) is 2.85. The quantitative estimate of drug-likeness (QED) is 0.440. The SMILES string of the molecule is CC.CNC(=O)c1cc(Oc2ccc(NC(=O)Nc3cc(S(C)(=O)=O)ccc3OC)cc2)ccn1. The molecule has 0 aliphatic heterocycles. The Labute approximate surface area is 204 Å². The van der Waals surface area contributed by atoms with Crippen LogP contribution in [0.25, 0.3) is 0 Å². The van der Waals surface area contributed by atoms with Crippen molar-refractivity contribution < 1.29 is 27.5 Å². The number of pyridine rings is 1. The van der Waals surface area contributed by atoms with Crippen molar-refractivity contribution in [1.82, 2.24) is 10.3 Å². The number of benzene rings is 2. The van der Waals surface area contributed by atoms with Crippen molar-refractivity contribution >= 4 is 33.2 Å². The molecule has 3 aromatic rings. The summed E-state index contributed by atoms with van der Waals surface area (Å²) in [5.74, 6) is 0.900. The summed E-state index contributed by atoms with van der Waals surface area (Å²) >= 11 is 0. The molecule has 0 aliphatic rings. The molecule has 0 unspecified atom stereocenters. The summed E-state index contributed by atoms with van der Waals surface area (Å²) in [5.41, 5.74) is 0.904. The van der Waals surface area contributed by atoms with E-state index in [1.54, 1.807) is 30.3 Å². The van der Waals surface area contributed by atoms with E-state index in [0.717, 1.165) is 6.26 Å². The Bertz CT molecular complexity index is 1280. The minimum absolute atomic E-state index is 0.0517. The highest BCUT2D eigenvalue weighted by molar-refractivity contribution is 7.90. The minimum atomic E-state index is -3.45. The second-order valence-electron chi connectivity index (χ2n) is 6.80. The smallest absolute Gasteiger partial charge is 0.323 e. The Morgan fingerprint density at radius 2 is 1.60 bits per heavy atom. The third kappa shape index (κ3) is 7.71. The number of aromatic nitrogens is 1. The van der Waals surface area contributed by atoms with Crippen molar-refractivity contribution in [3.05, 3.63) is 66.5 Å². The lowest BCUT2D eigenvalue weighted by Gasteiger charge is -2.13. The molecule has 35 heavy (non-hydrogen) atoms. The van der Waals surface area contributed by atoms with Crippen molar-refractivity contribution in [2.45, 2.75) is 18.7 Å². The second kappa shape index (κ2) is 12.4. The lowest BCUT2D eigenvalue weighted by Crippen LogP contribution is -2.20. The molecule has 0 aliphatic carbocycles. The normalized spacial score (nSPS) is 10.3. The molecule has 3 amide bonds. The van der Waals surface area contributed by atoms with E-state index in [1.165, 1.54) is 44.6 Å². The first-order valence-corrected chi connectivity index (χ1v) is 12.5. The van der Waals surface area contributed by atoms with Gasteiger partial charge in [0.1, 0.15) is 22.9 Å². The molecule has 1 aromatic heterocycles. The fraction of sp³-hybridized carbons (Fsp3) is 0.208. The lowest BCUT2D eigenvalue weighted by molar-refractivity contribution is 0.0957. The Morgan fingerprint density at radius 1 is 0.914 bits per heavy atom. The van der Waals surface area contributed by atoms with Gasteiger partial charge in [-0.15, -0.1) is 0 Å². The van der Waals surface area contributed by atoms with Gasteiger partial charge in [-0.2, -0.15) is 0 Å². The number of hydrogen-bond acceptors (Lipinski definition) is 7. The van der Waals surface area contributed by atoms with Gasteiger partial charge in [0.2, 0.25) is 0 Å². The van der Waals surface area contributed by atoms with Gasteiger partial charge in [0.05, 0.1) is 17.7 Å². The number of urea groups is 1. The highest BCUT2D eigenvalue weighted by Gasteiger charge is 2.14. The number of ether oxygens (including phenoxy) is 2. The minimum Gasteiger partial charge on any atom is -0.495 e. The summed E-state index contributed by atoms with van der Waals surface area (Å²) in [4.78, 5) is 28.1. The zero-order valence-electron chi connectivity index (χ0n) is 20.1. The number of hydrogen-bond donors (Lipinski definition) is 3. The molecule has 2 aromatic carbocycles. The third-order valence-corrected chi connectivity index (χ3v) is 5.50. The Morgan fingerprint density at radius 3 is 2.20 bits per heavy atom. The van der Waals surface area contributed by atoms with Gasteiger partial charge < -0.3 is 25.4 Å². The zero-order chi connectivity index (χ0) is 26.0. The van der Waals surface area contributed by atoms with E-state index in [-0.39, 0.29) is 22.2 Å². The number of amides is 3. The average molecular weight is 501 g/mol. The van der Waals surface area contributed by atoms with Gasteiger partial charge in [-0.25, -0.2) is 13.2 Å². The van der Waals surface area contributed by atoms with Crippen LogP contribution < -0.4 is 25.4 Å². The number of nitrogens with one attached hydrogen (secondary N) is 3. The Hall–Kier alpha value is -4.12. The number of anilines is 2. The molecule has 0 atom stereocenters. The molecule has 10 nitrogen and oxygen atoms in total. The molecule has 11 heteroatoms. The first kappa shape index (κ1) is 27.1. The summed E-state index contributed by atoms with van der Waals surface area (Å²) in [7, 11) is -0.526. The fourth-order valence-electron chi connectivity index (χ4n) is 2.77. The summed E-state index contributed by atoms with van der Waals surface area (Å²) in [5, 5.41) is 7.72. The highest BCUT2D eigenvalue weighted by Crippen LogP contribution is 2.28. The fourth-order valence-corrected chi connectivity index (χ4v) is 3.42. The monoisotopic (exact) mass is 500 g/mol. The van der Waals surface area contributed by atoms with Crippen molar-refractivity contribution in [2.75, 3.05) is 31.0 Å². The van der Waals surface area contributed by atoms with Crippen LogP contribution in [-0.4, -0.2) is 45.8 Å². The molecule has 0 spiro atoms. The largest absolute Gasteiger partial charge is 0.495 e. The number of carbonyl (C=O) groups excluding carboxylic acids is 2. The van der Waals surface area contributed by atoms with E-state index in [2.05, 4.69) is 20.9 Å². The molecule has 3 rings (SSSR count). The summed E-state index contributed by atoms with van der Waals surface area (Å²) in [6.45, 7) is 4.00. The highest BCUT2D eigenvalue weighted by atomic mass is 32.2. The number of methoxy groups -OCH3 is 1. The topological polar surface area (TPSA) is 136 Å². The summed E-state index contributed by atoms with van der Waals surface area (Å²) in [6.07, 6.45) is 2.54. The Balaban J connectivity index is 0.00000210. The van der Waals surface area contributed by atoms with E-state index in [9.17, 15) is 18.0 Å². The van der Waals surface area contributed by atoms with Gasteiger partial charge in [-0.3, -0.25) is 9.78 Å². The van der Waals surface area contributed by atoms with Gasteiger partial charge in [0, 0.05) is 31.3 Å². The zero-order valence-corrected chi connectivity index (χ0v) is 20.9. The van der Waals surface area contributed by atoms with Crippen LogP contribution in [0.3, 0.4) is 0 Å². The van der Waals surface area contributed by atoms with Gasteiger partial charge in [-0.1, -0.05) is 13.8 Å². The molecule has 1 heterocycles. The van der Waals surface area contributed by atoms with E-state index >= 15 is 0 Å². The predicted molar refractivity (Wildman–Crippen MR) is 134 cm³/mol. The predicted octanol–water partition coefficient (Wildman–Crippen LogP) is 4.32. The van der Waals surface area contributed by atoms with Gasteiger partial charge in [-0.05, 0) is 48.5 Å². The lowest BCUT2D eigenvalue weighted by atomic mass is 10.3. The first-order chi connectivity index (χ1) is 16.7. The van der Waals surface area contributed by atoms with E-state index in [0.29, 0.717) is 22.9 Å². The van der Waals surface area contributed by atoms with Crippen molar-refractivity contribution in [3.63, 3.8) is 0 Å². The van der Waals surface area contributed by atoms with Crippen LogP contribution in [0.1, 0.15) is 24.3 Å². The van der Waals surface area contributed by atoms with E-state index in [4.69, 9.17) is 9.47 Å². The van der Waals surface area contributed by atoms with Gasteiger partial charge in [0.25, 0.3) is 5.91 Å². The maximum Gasteiger partial charge on any atom is 0.323 e. The van der Waals surface area contributed by atoms with Gasteiger partial charge >= 0.3 is 6.03 Å². The number of carbonyl (C=O) groups is 2. The maximum absolute atomic E-state index is 12.4. The molecule has 186 valence electrons. The van der Waals surface area contributed by atoms with Crippen LogP contribution in [0.4, 0.5) is 16.2 Å². The molecule has 0 saturated heterocycles. The van der Waals surface area contributed by atoms with Crippen LogP contribution in [-0.2, 0) is 9.84 Å². The number of nitrogens with zero attached hydrogens (tertiary/aromatic N) is 1. The number of rotatable bonds is 7. The maximum atomic E-state index is 12.4.